The van der Waals surface area contributed by atoms with Gasteiger partial charge in [0, 0.05) is 30.8 Å². The molecule has 2 aliphatic rings. The number of hydrogen-bond donors (Lipinski definition) is 3. The van der Waals surface area contributed by atoms with Gasteiger partial charge in [-0.05, 0) is 81.4 Å². The molecule has 4 atom stereocenters. The van der Waals surface area contributed by atoms with E-state index >= 15 is 0 Å². The average Bonchev–Trinajstić information content (AvgIpc) is 3.90. The Balaban J connectivity index is 1.03. The Bertz CT molecular complexity index is 2100. The molecule has 0 aliphatic carbocycles. The Labute approximate surface area is 318 Å². The first kappa shape index (κ1) is 38.0. The molecule has 12 nitrogen and oxygen atoms in total. The number of thioether (sulfide) groups is 1. The van der Waals surface area contributed by atoms with Crippen molar-refractivity contribution in [2.24, 2.45) is 0 Å². The number of nitrogens with zero attached hydrogens (tertiary/aromatic N) is 5. The highest BCUT2D eigenvalue weighted by Crippen LogP contribution is 2.40. The van der Waals surface area contributed by atoms with E-state index in [1.54, 1.807) is 28.9 Å². The number of ether oxygens (including phenoxy) is 2. The third kappa shape index (κ3) is 8.99. The number of carbonyl (C=O) groups is 2. The maximum absolute atomic E-state index is 13.0. The van der Waals surface area contributed by atoms with Crippen LogP contribution in [0.25, 0.3) is 16.8 Å². The van der Waals surface area contributed by atoms with Gasteiger partial charge in [-0.1, -0.05) is 78.5 Å². The van der Waals surface area contributed by atoms with Crippen LogP contribution < -0.4 is 5.32 Å². The molecule has 16 heteroatoms. The molecule has 3 N–H and O–H groups in total. The lowest BCUT2D eigenvalue weighted by Gasteiger charge is -2.36. The monoisotopic (exact) mass is 774 g/mol. The Kier molecular flexibility index (Phi) is 11.5. The van der Waals surface area contributed by atoms with Crippen molar-refractivity contribution in [3.63, 3.8) is 0 Å². The molecule has 2 amide bonds. The summed E-state index contributed by atoms with van der Waals surface area (Å²) in [5, 5.41) is 34.7. The minimum Gasteiger partial charge on any atom is -0.508 e. The zero-order valence-electron chi connectivity index (χ0n) is 29.3. The molecule has 286 valence electrons. The lowest BCUT2D eigenvalue weighted by molar-refractivity contribution is -0.245. The normalized spacial score (nSPS) is 20.0. The van der Waals surface area contributed by atoms with Crippen molar-refractivity contribution in [3.05, 3.63) is 119 Å². The van der Waals surface area contributed by atoms with Crippen LogP contribution in [0.2, 0.25) is 0 Å². The molecule has 1 aromatic heterocycles. The summed E-state index contributed by atoms with van der Waals surface area (Å²) in [5.41, 5.74) is 5.72. The average molecular weight is 775 g/mol. The fraction of sp³-hybridized carbons (Fsp3) is 0.308. The lowest BCUT2D eigenvalue weighted by atomic mass is 9.99. The van der Waals surface area contributed by atoms with E-state index in [0.717, 1.165) is 33.4 Å². The van der Waals surface area contributed by atoms with Crippen LogP contribution in [-0.4, -0.2) is 77.8 Å². The number of hydrogen-bond acceptors (Lipinski definition) is 10. The van der Waals surface area contributed by atoms with E-state index in [0.29, 0.717) is 34.3 Å². The van der Waals surface area contributed by atoms with E-state index in [4.69, 9.17) is 9.47 Å². The molecule has 0 radical (unpaired) electrons. The van der Waals surface area contributed by atoms with Crippen LogP contribution in [0.1, 0.15) is 53.9 Å². The highest BCUT2D eigenvalue weighted by atomic mass is 32.2. The third-order valence-electron chi connectivity index (χ3n) is 9.52. The van der Waals surface area contributed by atoms with Crippen molar-refractivity contribution in [2.75, 3.05) is 12.3 Å². The summed E-state index contributed by atoms with van der Waals surface area (Å²) in [4.78, 5) is 25.3. The van der Waals surface area contributed by atoms with E-state index in [1.165, 1.54) is 11.8 Å². The van der Waals surface area contributed by atoms with Crippen LogP contribution in [0.3, 0.4) is 0 Å². The van der Waals surface area contributed by atoms with Gasteiger partial charge in [0.25, 0.3) is 0 Å². The fourth-order valence-electron chi connectivity index (χ4n) is 6.66. The number of benzene rings is 4. The van der Waals surface area contributed by atoms with Crippen molar-refractivity contribution < 1.29 is 42.4 Å². The standard InChI is InChI=1S/C39H37F3N6O6S/c40-39(41,42)37(52)47-18-2-5-33(47)35(51)43-21-25-3-1-4-29(19-25)26-10-12-28(13-11-26)36-53-32(20-34(54-36)27-8-6-24(22-49)7-9-27)23-55-38-44-45-46-48(38)30-14-16-31(50)17-15-30/h1,3-4,6-17,19,32-34,36,49-50H,2,5,18,20-23H2,(H,43,51). The number of aromatic nitrogens is 4. The number of carbonyl (C=O) groups excluding carboxylic acids is 2. The van der Waals surface area contributed by atoms with Crippen molar-refractivity contribution in [2.45, 2.75) is 68.3 Å². The number of phenolic OH excluding ortho intramolecular Hbond substituents is 1. The number of nitrogens with one attached hydrogen (secondary N) is 1. The van der Waals surface area contributed by atoms with Crippen molar-refractivity contribution in [1.29, 1.82) is 0 Å². The highest BCUT2D eigenvalue weighted by Gasteiger charge is 2.47. The van der Waals surface area contributed by atoms with E-state index < -0.39 is 30.3 Å². The topological polar surface area (TPSA) is 152 Å². The number of halogens is 3. The number of aliphatic hydroxyl groups is 1. The number of likely N-dealkylation sites (tertiary alicyclic amines) is 1. The van der Waals surface area contributed by atoms with Crippen LogP contribution >= 0.6 is 11.8 Å². The van der Waals surface area contributed by atoms with Gasteiger partial charge < -0.3 is 29.9 Å². The smallest absolute Gasteiger partial charge is 0.471 e. The fourth-order valence-corrected chi connectivity index (χ4v) is 7.57. The predicted octanol–water partition coefficient (Wildman–Crippen LogP) is 6.03. The zero-order chi connectivity index (χ0) is 38.5. The molecule has 4 aromatic carbocycles. The quantitative estimate of drug-likeness (QED) is 0.136. The molecule has 2 fully saturated rings. The highest BCUT2D eigenvalue weighted by molar-refractivity contribution is 7.99. The summed E-state index contributed by atoms with van der Waals surface area (Å²) in [6, 6.07) is 28.2. The summed E-state index contributed by atoms with van der Waals surface area (Å²) < 4.78 is 53.8. The van der Waals surface area contributed by atoms with Crippen LogP contribution in [0.4, 0.5) is 13.2 Å². The molecule has 0 bridgehead atoms. The Morgan fingerprint density at radius 1 is 0.909 bits per heavy atom. The van der Waals surface area contributed by atoms with Crippen molar-refractivity contribution >= 4 is 23.6 Å². The molecule has 2 saturated heterocycles. The number of aliphatic hydroxyl groups excluding tert-OH is 1. The minimum absolute atomic E-state index is 0.0663. The maximum Gasteiger partial charge on any atom is 0.471 e. The first-order chi connectivity index (χ1) is 26.6. The second kappa shape index (κ2) is 16.6. The third-order valence-corrected chi connectivity index (χ3v) is 10.6. The van der Waals surface area contributed by atoms with E-state index in [9.17, 15) is 33.0 Å². The van der Waals surface area contributed by atoms with Crippen molar-refractivity contribution in [1.82, 2.24) is 30.4 Å². The molecule has 7 rings (SSSR count). The van der Waals surface area contributed by atoms with Gasteiger partial charge in [-0.3, -0.25) is 9.59 Å². The van der Waals surface area contributed by atoms with Gasteiger partial charge in [0.1, 0.15) is 11.8 Å². The van der Waals surface area contributed by atoms with Gasteiger partial charge in [-0.25, -0.2) is 0 Å². The lowest BCUT2D eigenvalue weighted by Crippen LogP contribution is -2.50. The Morgan fingerprint density at radius 2 is 1.65 bits per heavy atom. The molecule has 4 unspecified atom stereocenters. The maximum atomic E-state index is 13.0. The summed E-state index contributed by atoms with van der Waals surface area (Å²) in [6.07, 6.45) is -5.25. The van der Waals surface area contributed by atoms with Crippen molar-refractivity contribution in [3.8, 4) is 22.6 Å². The molecule has 2 aliphatic heterocycles. The summed E-state index contributed by atoms with van der Waals surface area (Å²) >= 11 is 1.44. The SMILES string of the molecule is O=C(NCc1cccc(-c2ccc(C3OC(CSc4nnnn4-c4ccc(O)cc4)CC(c4ccc(CO)cc4)O3)cc2)c1)C1CCCN1C(=O)C(F)(F)F. The minimum atomic E-state index is -5.03. The predicted molar refractivity (Wildman–Crippen MR) is 194 cm³/mol. The van der Waals surface area contributed by atoms with E-state index in [-0.39, 0.29) is 44.1 Å². The van der Waals surface area contributed by atoms with Crippen LogP contribution in [0, 0.1) is 0 Å². The number of aromatic hydroxyl groups is 1. The summed E-state index contributed by atoms with van der Waals surface area (Å²) in [6.45, 7) is -0.0931. The van der Waals surface area contributed by atoms with Crippen LogP contribution in [0.5, 0.6) is 5.75 Å². The number of tetrazole rings is 1. The van der Waals surface area contributed by atoms with Gasteiger partial charge in [-0.15, -0.1) is 5.10 Å². The number of phenols is 1. The Hall–Kier alpha value is -5.29. The molecular weight excluding hydrogens is 738 g/mol. The second-order valence-corrected chi connectivity index (χ2v) is 14.2. The largest absolute Gasteiger partial charge is 0.508 e. The molecule has 55 heavy (non-hydrogen) atoms. The number of rotatable bonds is 11. The van der Waals surface area contributed by atoms with E-state index in [2.05, 4.69) is 20.8 Å². The van der Waals surface area contributed by atoms with Gasteiger partial charge in [0.2, 0.25) is 11.1 Å². The van der Waals surface area contributed by atoms with Gasteiger partial charge in [0.15, 0.2) is 6.29 Å². The number of alkyl halides is 3. The summed E-state index contributed by atoms with van der Waals surface area (Å²) in [5.74, 6) is -1.96. The first-order valence-corrected chi connectivity index (χ1v) is 18.6. The van der Waals surface area contributed by atoms with Gasteiger partial charge in [0.05, 0.1) is 24.5 Å². The molecule has 0 spiro atoms. The van der Waals surface area contributed by atoms with E-state index in [1.807, 2.05) is 72.8 Å². The molecule has 3 heterocycles. The Morgan fingerprint density at radius 3 is 2.38 bits per heavy atom. The molecule has 0 saturated carbocycles. The summed E-state index contributed by atoms with van der Waals surface area (Å²) in [7, 11) is 0. The molecule has 5 aromatic rings. The van der Waals surface area contributed by atoms with Gasteiger partial charge >= 0.3 is 12.1 Å². The van der Waals surface area contributed by atoms with Crippen LogP contribution in [-0.2, 0) is 32.2 Å². The van der Waals surface area contributed by atoms with Gasteiger partial charge in [-0.2, -0.15) is 17.9 Å². The zero-order valence-corrected chi connectivity index (χ0v) is 30.1. The number of amides is 2. The molecular formula is C39H37F3N6O6S. The first-order valence-electron chi connectivity index (χ1n) is 17.6. The van der Waals surface area contributed by atoms with Crippen LogP contribution in [0.15, 0.2) is 102 Å². The second-order valence-electron chi connectivity index (χ2n) is 13.2.